The average molecular weight is 496 g/mol. The summed E-state index contributed by atoms with van der Waals surface area (Å²) in [5.41, 5.74) is 4.75. The smallest absolute Gasteiger partial charge is 0.259 e. The first-order chi connectivity index (χ1) is 15.7. The number of amides is 1. The van der Waals surface area contributed by atoms with Crippen molar-refractivity contribution >= 4 is 29.1 Å². The van der Waals surface area contributed by atoms with Crippen LogP contribution in [0, 0.1) is 17.0 Å². The minimum Gasteiger partial charge on any atom is -0.484 e. The van der Waals surface area contributed by atoms with Crippen LogP contribution in [0.1, 0.15) is 31.0 Å². The zero-order chi connectivity index (χ0) is 23.4. The molecule has 0 aliphatic heterocycles. The van der Waals surface area contributed by atoms with Gasteiger partial charge in [0.05, 0.1) is 15.5 Å². The van der Waals surface area contributed by atoms with Gasteiger partial charge >= 0.3 is 0 Å². The molecule has 1 atom stereocenters. The fourth-order valence-electron chi connectivity index (χ4n) is 4.78. The maximum absolute atomic E-state index is 13.7. The van der Waals surface area contributed by atoms with Crippen molar-refractivity contribution in [1.29, 1.82) is 0 Å². The standard InChI is InChI=1S/C22H17Cl2F2N3O4/c23-13-3-1-11(5-15(13)25)31-7-17-28-29-20(33-17)22-8-21(9-22,10-22)18(19(27)30)32-12-2-4-14(24)16(26)6-12/h1-6,18H,7-10H2,(H2,27,30). The maximum atomic E-state index is 13.7. The fraction of sp³-hybridized carbons (Fsp3) is 0.318. The van der Waals surface area contributed by atoms with Crippen LogP contribution in [0.4, 0.5) is 8.78 Å². The van der Waals surface area contributed by atoms with Gasteiger partial charge in [0.1, 0.15) is 23.1 Å². The maximum Gasteiger partial charge on any atom is 0.259 e. The lowest BCUT2D eigenvalue weighted by atomic mass is 9.33. The number of nitrogens with zero attached hydrogens (tertiary/aromatic N) is 2. The molecule has 7 nitrogen and oxygen atoms in total. The molecule has 1 aromatic heterocycles. The molecule has 2 bridgehead atoms. The Balaban J connectivity index is 1.23. The van der Waals surface area contributed by atoms with Crippen LogP contribution in [-0.2, 0) is 16.8 Å². The van der Waals surface area contributed by atoms with Crippen LogP contribution < -0.4 is 15.2 Å². The molecule has 0 saturated heterocycles. The molecule has 0 spiro atoms. The third-order valence-electron chi connectivity index (χ3n) is 6.20. The van der Waals surface area contributed by atoms with Gasteiger partial charge in [-0.25, -0.2) is 8.78 Å². The highest BCUT2D eigenvalue weighted by atomic mass is 35.5. The van der Waals surface area contributed by atoms with Crippen LogP contribution in [0.25, 0.3) is 0 Å². The monoisotopic (exact) mass is 495 g/mol. The van der Waals surface area contributed by atoms with Gasteiger partial charge in [-0.3, -0.25) is 4.79 Å². The van der Waals surface area contributed by atoms with E-state index in [9.17, 15) is 13.6 Å². The summed E-state index contributed by atoms with van der Waals surface area (Å²) in [5, 5.41) is 8.07. The lowest BCUT2D eigenvalue weighted by Gasteiger charge is -2.69. The van der Waals surface area contributed by atoms with Gasteiger partial charge in [0.2, 0.25) is 5.89 Å². The molecule has 11 heteroatoms. The number of halogens is 4. The predicted molar refractivity (Wildman–Crippen MR) is 113 cm³/mol. The zero-order valence-corrected chi connectivity index (χ0v) is 18.5. The number of carbonyl (C=O) groups excluding carboxylic acids is 1. The van der Waals surface area contributed by atoms with E-state index in [1.807, 2.05) is 0 Å². The number of hydrogen-bond donors (Lipinski definition) is 1. The van der Waals surface area contributed by atoms with E-state index in [0.29, 0.717) is 25.2 Å². The zero-order valence-electron chi connectivity index (χ0n) is 17.0. The number of rotatable bonds is 8. The van der Waals surface area contributed by atoms with E-state index in [-0.39, 0.29) is 39.5 Å². The quantitative estimate of drug-likeness (QED) is 0.490. The number of hydrogen-bond acceptors (Lipinski definition) is 6. The number of aromatic nitrogens is 2. The Morgan fingerprint density at radius 1 is 1.06 bits per heavy atom. The van der Waals surface area contributed by atoms with Crippen molar-refractivity contribution in [2.75, 3.05) is 0 Å². The molecule has 33 heavy (non-hydrogen) atoms. The molecule has 1 heterocycles. The molecule has 3 aliphatic carbocycles. The van der Waals surface area contributed by atoms with Crippen molar-refractivity contribution in [3.05, 3.63) is 69.9 Å². The van der Waals surface area contributed by atoms with Crippen molar-refractivity contribution < 1.29 is 27.5 Å². The first-order valence-electron chi connectivity index (χ1n) is 10.0. The normalized spacial score (nSPS) is 23.9. The minimum atomic E-state index is -0.925. The first kappa shape index (κ1) is 21.9. The van der Waals surface area contributed by atoms with Crippen molar-refractivity contribution in [1.82, 2.24) is 10.2 Å². The number of benzene rings is 2. The Bertz CT molecular complexity index is 1230. The summed E-state index contributed by atoms with van der Waals surface area (Å²) in [6, 6.07) is 8.05. The van der Waals surface area contributed by atoms with E-state index in [1.165, 1.54) is 30.3 Å². The summed E-state index contributed by atoms with van der Waals surface area (Å²) in [4.78, 5) is 12.1. The van der Waals surface area contributed by atoms with E-state index in [0.717, 1.165) is 6.07 Å². The van der Waals surface area contributed by atoms with Crippen LogP contribution in [0.5, 0.6) is 11.5 Å². The van der Waals surface area contributed by atoms with Crippen LogP contribution in [-0.4, -0.2) is 22.2 Å². The molecule has 1 amide bonds. The average Bonchev–Trinajstić information content (AvgIpc) is 3.17. The van der Waals surface area contributed by atoms with E-state index in [4.69, 9.17) is 42.8 Å². The largest absolute Gasteiger partial charge is 0.484 e. The number of ether oxygens (including phenoxy) is 2. The molecular formula is C22H17Cl2F2N3O4. The van der Waals surface area contributed by atoms with Crippen molar-refractivity contribution in [3.8, 4) is 11.5 Å². The molecule has 2 N–H and O–H groups in total. The lowest BCUT2D eigenvalue weighted by Crippen LogP contribution is -2.72. The van der Waals surface area contributed by atoms with E-state index >= 15 is 0 Å². The molecule has 3 saturated carbocycles. The SMILES string of the molecule is NC(=O)C(Oc1ccc(Cl)c(F)c1)C12CC(c3nnc(COc4ccc(Cl)c(F)c4)o3)(C1)C2. The minimum absolute atomic E-state index is 0.000539. The summed E-state index contributed by atoms with van der Waals surface area (Å²) >= 11 is 11.4. The number of primary amides is 1. The van der Waals surface area contributed by atoms with Gasteiger partial charge in [-0.05, 0) is 43.5 Å². The molecule has 1 unspecified atom stereocenters. The molecule has 172 valence electrons. The Kier molecular flexibility index (Phi) is 5.21. The second kappa shape index (κ2) is 7.85. The number of carbonyl (C=O) groups is 1. The summed E-state index contributed by atoms with van der Waals surface area (Å²) in [7, 11) is 0. The first-order valence-corrected chi connectivity index (χ1v) is 10.8. The van der Waals surface area contributed by atoms with E-state index in [2.05, 4.69) is 10.2 Å². The van der Waals surface area contributed by atoms with E-state index in [1.54, 1.807) is 0 Å². The predicted octanol–water partition coefficient (Wildman–Crippen LogP) is 4.59. The van der Waals surface area contributed by atoms with Gasteiger partial charge in [-0.1, -0.05) is 23.2 Å². The third kappa shape index (κ3) is 3.79. The van der Waals surface area contributed by atoms with Crippen molar-refractivity contribution in [2.24, 2.45) is 11.1 Å². The third-order valence-corrected chi connectivity index (χ3v) is 6.82. The summed E-state index contributed by atoms with van der Waals surface area (Å²) in [5.74, 6) is -0.741. The van der Waals surface area contributed by atoms with Gasteiger partial charge in [0, 0.05) is 17.5 Å². The molecule has 6 rings (SSSR count). The molecule has 0 radical (unpaired) electrons. The van der Waals surface area contributed by atoms with Crippen molar-refractivity contribution in [3.63, 3.8) is 0 Å². The summed E-state index contributed by atoms with van der Waals surface area (Å²) in [6.07, 6.45) is 0.767. The van der Waals surface area contributed by atoms with Gasteiger partial charge < -0.3 is 19.6 Å². The molecule has 3 fully saturated rings. The van der Waals surface area contributed by atoms with E-state index < -0.39 is 29.1 Å². The topological polar surface area (TPSA) is 100 Å². The second-order valence-electron chi connectivity index (χ2n) is 8.51. The van der Waals surface area contributed by atoms with Crippen LogP contribution >= 0.6 is 23.2 Å². The fourth-order valence-corrected chi connectivity index (χ4v) is 5.02. The highest BCUT2D eigenvalue weighted by molar-refractivity contribution is 6.31. The van der Waals surface area contributed by atoms with Crippen LogP contribution in [0.3, 0.4) is 0 Å². The Morgan fingerprint density at radius 2 is 1.67 bits per heavy atom. The van der Waals surface area contributed by atoms with Gasteiger partial charge in [0.25, 0.3) is 11.8 Å². The summed E-state index contributed by atoms with van der Waals surface area (Å²) < 4.78 is 44.2. The van der Waals surface area contributed by atoms with Gasteiger partial charge in [-0.2, -0.15) is 0 Å². The molecular weight excluding hydrogens is 479 g/mol. The molecule has 2 aromatic carbocycles. The highest BCUT2D eigenvalue weighted by Crippen LogP contribution is 2.75. The van der Waals surface area contributed by atoms with Crippen LogP contribution in [0.15, 0.2) is 40.8 Å². The highest BCUT2D eigenvalue weighted by Gasteiger charge is 2.75. The van der Waals surface area contributed by atoms with Gasteiger partial charge in [-0.15, -0.1) is 10.2 Å². The molecule has 3 aliphatic rings. The lowest BCUT2D eigenvalue weighted by molar-refractivity contribution is -0.208. The van der Waals surface area contributed by atoms with Crippen molar-refractivity contribution in [2.45, 2.75) is 37.4 Å². The Labute approximate surface area is 196 Å². The van der Waals surface area contributed by atoms with Gasteiger partial charge in [0.15, 0.2) is 12.7 Å². The second-order valence-corrected chi connectivity index (χ2v) is 9.33. The Hall–Kier alpha value is -2.91. The summed E-state index contributed by atoms with van der Waals surface area (Å²) in [6.45, 7) is -0.0373. The Morgan fingerprint density at radius 3 is 2.27 bits per heavy atom. The number of nitrogens with two attached hydrogens (primary N) is 1. The van der Waals surface area contributed by atoms with Crippen LogP contribution in [0.2, 0.25) is 10.0 Å². The molecule has 3 aromatic rings.